The molecule has 0 amide bonds. The van der Waals surface area contributed by atoms with Gasteiger partial charge >= 0.3 is 0 Å². The zero-order valence-electron chi connectivity index (χ0n) is 17.5. The summed E-state index contributed by atoms with van der Waals surface area (Å²) in [5.74, 6) is -0.0384. The lowest BCUT2D eigenvalue weighted by atomic mass is 9.89. The first kappa shape index (κ1) is 21.3. The molecule has 1 atom stereocenters. The molecule has 0 fully saturated rings. The second-order valence-electron chi connectivity index (χ2n) is 8.55. The molecule has 0 bridgehead atoms. The highest BCUT2D eigenvalue weighted by Crippen LogP contribution is 2.36. The zero-order chi connectivity index (χ0) is 20.1. The van der Waals surface area contributed by atoms with Gasteiger partial charge in [0.2, 0.25) is 0 Å². The molecule has 27 heavy (non-hydrogen) atoms. The highest BCUT2D eigenvalue weighted by Gasteiger charge is 2.36. The van der Waals surface area contributed by atoms with E-state index >= 15 is 0 Å². The number of hydrogen-bond acceptors (Lipinski definition) is 2. The summed E-state index contributed by atoms with van der Waals surface area (Å²) in [7, 11) is -1.75. The molecule has 2 aromatic rings. The molecule has 2 nitrogen and oxygen atoms in total. The summed E-state index contributed by atoms with van der Waals surface area (Å²) in [6.07, 6.45) is 4.15. The molecule has 3 heteroatoms. The molecule has 0 saturated heterocycles. The van der Waals surface area contributed by atoms with Crippen molar-refractivity contribution in [3.05, 3.63) is 77.4 Å². The summed E-state index contributed by atoms with van der Waals surface area (Å²) in [5.41, 5.74) is 2.88. The van der Waals surface area contributed by atoms with Crippen LogP contribution >= 0.6 is 0 Å². The molecule has 144 valence electrons. The van der Waals surface area contributed by atoms with Crippen LogP contribution in [0.4, 0.5) is 0 Å². The van der Waals surface area contributed by atoms with E-state index in [1.165, 1.54) is 0 Å². The number of ketones is 1. The van der Waals surface area contributed by atoms with Crippen molar-refractivity contribution in [2.75, 3.05) is 6.61 Å². The zero-order valence-corrected chi connectivity index (χ0v) is 18.5. The average molecular weight is 381 g/mol. The van der Waals surface area contributed by atoms with Crippen molar-refractivity contribution in [2.24, 2.45) is 0 Å². The van der Waals surface area contributed by atoms with Crippen molar-refractivity contribution in [1.82, 2.24) is 0 Å². The van der Waals surface area contributed by atoms with Gasteiger partial charge in [0.05, 0.1) is 6.61 Å². The normalized spacial score (nSPS) is 13.7. The van der Waals surface area contributed by atoms with Gasteiger partial charge in [-0.25, -0.2) is 0 Å². The number of benzene rings is 2. The van der Waals surface area contributed by atoms with Crippen LogP contribution in [0.15, 0.2) is 60.7 Å². The third-order valence-corrected chi connectivity index (χ3v) is 10.1. The Labute approximate surface area is 165 Å². The van der Waals surface area contributed by atoms with Crippen molar-refractivity contribution >= 4 is 20.2 Å². The van der Waals surface area contributed by atoms with Crippen molar-refractivity contribution < 1.29 is 9.22 Å². The number of carbonyl (C=O) groups excluding carboxylic acids is 1. The molecule has 2 aromatic carbocycles. The molecular formula is C24H32O2Si. The van der Waals surface area contributed by atoms with E-state index in [-0.39, 0.29) is 16.7 Å². The molecule has 2 rings (SSSR count). The van der Waals surface area contributed by atoms with E-state index < -0.39 is 8.32 Å². The first-order valence-corrected chi connectivity index (χ1v) is 12.5. The van der Waals surface area contributed by atoms with Crippen LogP contribution in [0.2, 0.25) is 18.1 Å². The first-order chi connectivity index (χ1) is 12.6. The molecule has 1 unspecified atom stereocenters. The number of carbonyl (C=O) groups is 1. The Morgan fingerprint density at radius 2 is 1.63 bits per heavy atom. The first-order valence-electron chi connectivity index (χ1n) is 9.62. The summed E-state index contributed by atoms with van der Waals surface area (Å²) in [6.45, 7) is 13.8. The third kappa shape index (κ3) is 5.50. The predicted molar refractivity (Wildman–Crippen MR) is 118 cm³/mol. The quantitative estimate of drug-likeness (QED) is 0.394. The number of rotatable bonds is 7. The van der Waals surface area contributed by atoms with Gasteiger partial charge in [-0.1, -0.05) is 94.4 Å². The Morgan fingerprint density at radius 3 is 2.26 bits per heavy atom. The molecule has 0 aliphatic carbocycles. The lowest BCUT2D eigenvalue weighted by Crippen LogP contribution is -2.40. The van der Waals surface area contributed by atoms with Crippen LogP contribution in [0.25, 0.3) is 6.08 Å². The SMILES string of the molecule is CC(C(=O)c1ccccc1)c1ccccc1/C=C/CO[Si](C)(C)C(C)(C)C. The summed E-state index contributed by atoms with van der Waals surface area (Å²) in [4.78, 5) is 12.8. The van der Waals surface area contributed by atoms with Crippen LogP contribution in [-0.4, -0.2) is 20.7 Å². The molecule has 0 heterocycles. The fourth-order valence-electron chi connectivity index (χ4n) is 2.70. The van der Waals surface area contributed by atoms with Crippen LogP contribution in [-0.2, 0) is 4.43 Å². The second kappa shape index (κ2) is 8.81. The van der Waals surface area contributed by atoms with E-state index in [1.54, 1.807) is 0 Å². The number of hydrogen-bond donors (Lipinski definition) is 0. The molecule has 0 saturated carbocycles. The van der Waals surface area contributed by atoms with Crippen LogP contribution in [0, 0.1) is 0 Å². The van der Waals surface area contributed by atoms with E-state index in [2.05, 4.69) is 52.1 Å². The van der Waals surface area contributed by atoms with Gasteiger partial charge in [0.15, 0.2) is 14.1 Å². The van der Waals surface area contributed by atoms with Crippen molar-refractivity contribution in [2.45, 2.75) is 51.7 Å². The van der Waals surface area contributed by atoms with Gasteiger partial charge in [0.25, 0.3) is 0 Å². The minimum absolute atomic E-state index is 0.147. The standard InChI is InChI=1S/C24H32O2Si/c1-19(23(25)21-14-8-7-9-15-21)22-17-11-10-13-20(22)16-12-18-26-27(5,6)24(2,3)4/h7-17,19H,18H2,1-6H3/b16-12+. The summed E-state index contributed by atoms with van der Waals surface area (Å²) in [5, 5.41) is 0.204. The maximum absolute atomic E-state index is 12.8. The monoisotopic (exact) mass is 380 g/mol. The fourth-order valence-corrected chi connectivity index (χ4v) is 3.64. The fraction of sp³-hybridized carbons (Fsp3) is 0.375. The van der Waals surface area contributed by atoms with E-state index in [0.717, 1.165) is 16.7 Å². The van der Waals surface area contributed by atoms with E-state index in [0.29, 0.717) is 6.61 Å². The van der Waals surface area contributed by atoms with Gasteiger partial charge in [-0.2, -0.15) is 0 Å². The van der Waals surface area contributed by atoms with E-state index in [9.17, 15) is 4.79 Å². The summed E-state index contributed by atoms with van der Waals surface area (Å²) >= 11 is 0. The Kier molecular flexibility index (Phi) is 6.96. The third-order valence-electron chi connectivity index (χ3n) is 5.56. The van der Waals surface area contributed by atoms with Crippen molar-refractivity contribution in [1.29, 1.82) is 0 Å². The molecule has 0 aliphatic heterocycles. The summed E-state index contributed by atoms with van der Waals surface area (Å²) in [6, 6.07) is 17.6. The van der Waals surface area contributed by atoms with E-state index in [4.69, 9.17) is 4.43 Å². The van der Waals surface area contributed by atoms with Crippen LogP contribution in [0.3, 0.4) is 0 Å². The van der Waals surface area contributed by atoms with Gasteiger partial charge in [-0.3, -0.25) is 4.79 Å². The highest BCUT2D eigenvalue weighted by atomic mass is 28.4. The van der Waals surface area contributed by atoms with E-state index in [1.807, 2.05) is 55.5 Å². The predicted octanol–water partition coefficient (Wildman–Crippen LogP) is 6.71. The van der Waals surface area contributed by atoms with Crippen LogP contribution in [0.5, 0.6) is 0 Å². The van der Waals surface area contributed by atoms with Crippen LogP contribution < -0.4 is 0 Å². The molecule has 0 radical (unpaired) electrons. The van der Waals surface area contributed by atoms with Gasteiger partial charge in [0.1, 0.15) is 0 Å². The molecule has 0 N–H and O–H groups in total. The van der Waals surface area contributed by atoms with Gasteiger partial charge in [-0.15, -0.1) is 0 Å². The Bertz CT molecular complexity index is 786. The summed E-state index contributed by atoms with van der Waals surface area (Å²) < 4.78 is 6.22. The van der Waals surface area contributed by atoms with Gasteiger partial charge < -0.3 is 4.43 Å². The maximum Gasteiger partial charge on any atom is 0.192 e. The minimum atomic E-state index is -1.75. The minimum Gasteiger partial charge on any atom is -0.413 e. The Morgan fingerprint density at radius 1 is 1.04 bits per heavy atom. The molecule has 0 aliphatic rings. The van der Waals surface area contributed by atoms with Crippen molar-refractivity contribution in [3.63, 3.8) is 0 Å². The lowest BCUT2D eigenvalue weighted by molar-refractivity contribution is 0.0966. The molecule has 0 aromatic heterocycles. The second-order valence-corrected chi connectivity index (χ2v) is 13.4. The Hall–Kier alpha value is -1.97. The van der Waals surface area contributed by atoms with Gasteiger partial charge in [0, 0.05) is 11.5 Å². The maximum atomic E-state index is 12.8. The average Bonchev–Trinajstić information content (AvgIpc) is 2.64. The topological polar surface area (TPSA) is 26.3 Å². The highest BCUT2D eigenvalue weighted by molar-refractivity contribution is 6.74. The molecular weight excluding hydrogens is 348 g/mol. The lowest BCUT2D eigenvalue weighted by Gasteiger charge is -2.35. The smallest absolute Gasteiger partial charge is 0.192 e. The number of Topliss-reactive ketones (excluding diaryl/α,β-unsaturated/α-hetero) is 1. The van der Waals surface area contributed by atoms with Crippen LogP contribution in [0.1, 0.15) is 55.1 Å². The van der Waals surface area contributed by atoms with Crippen molar-refractivity contribution in [3.8, 4) is 0 Å². The largest absolute Gasteiger partial charge is 0.413 e. The Balaban J connectivity index is 2.13. The molecule has 0 spiro atoms. The van der Waals surface area contributed by atoms with Gasteiger partial charge in [-0.05, 0) is 29.3 Å².